The van der Waals surface area contributed by atoms with Gasteiger partial charge < -0.3 is 14.5 Å². The Kier molecular flexibility index (Phi) is 5.39. The molecule has 2 amide bonds. The van der Waals surface area contributed by atoms with Crippen LogP contribution in [-0.2, 0) is 21.4 Å². The molecular formula is C24H31N5O3. The van der Waals surface area contributed by atoms with Gasteiger partial charge in [-0.3, -0.25) is 14.7 Å². The van der Waals surface area contributed by atoms with Crippen molar-refractivity contribution in [2.75, 3.05) is 33.3 Å². The molecule has 2 saturated heterocycles. The number of likely N-dealkylation sites (tertiary alicyclic amines) is 2. The highest BCUT2D eigenvalue weighted by atomic mass is 16.5. The number of piperidine rings is 1. The lowest BCUT2D eigenvalue weighted by molar-refractivity contribution is -0.133. The number of aromatic amines is 1. The molecule has 1 aromatic heterocycles. The lowest BCUT2D eigenvalue weighted by Crippen LogP contribution is -2.51. The van der Waals surface area contributed by atoms with E-state index in [4.69, 9.17) is 4.74 Å². The van der Waals surface area contributed by atoms with Gasteiger partial charge in [0.05, 0.1) is 12.5 Å². The van der Waals surface area contributed by atoms with Gasteiger partial charge in [0.2, 0.25) is 11.8 Å². The van der Waals surface area contributed by atoms with Gasteiger partial charge in [0.1, 0.15) is 11.6 Å². The first-order valence-corrected chi connectivity index (χ1v) is 11.6. The minimum atomic E-state index is -0.269. The maximum absolute atomic E-state index is 13.1. The van der Waals surface area contributed by atoms with E-state index in [9.17, 15) is 9.59 Å². The molecule has 8 heteroatoms. The van der Waals surface area contributed by atoms with Gasteiger partial charge in [0, 0.05) is 44.4 Å². The Bertz CT molecular complexity index is 1020. The molecule has 1 aromatic carbocycles. The smallest absolute Gasteiger partial charge is 0.225 e. The number of nitrogens with one attached hydrogen (secondary N) is 1. The molecule has 3 heterocycles. The first-order chi connectivity index (χ1) is 15.5. The molecule has 1 N–H and O–H groups in total. The Hall–Kier alpha value is -2.90. The maximum Gasteiger partial charge on any atom is 0.225 e. The minimum Gasteiger partial charge on any atom is -0.496 e. The predicted molar refractivity (Wildman–Crippen MR) is 118 cm³/mol. The number of methoxy groups -OCH3 is 1. The van der Waals surface area contributed by atoms with Crippen molar-refractivity contribution >= 4 is 11.8 Å². The third kappa shape index (κ3) is 3.76. The zero-order valence-electron chi connectivity index (χ0n) is 18.8. The van der Waals surface area contributed by atoms with E-state index < -0.39 is 0 Å². The number of rotatable bonds is 6. The van der Waals surface area contributed by atoms with Crippen molar-refractivity contribution in [1.82, 2.24) is 25.0 Å². The van der Waals surface area contributed by atoms with Crippen LogP contribution in [-0.4, -0.2) is 70.1 Å². The second-order valence-corrected chi connectivity index (χ2v) is 9.49. The molecular weight excluding hydrogens is 406 g/mol. The molecule has 170 valence electrons. The summed E-state index contributed by atoms with van der Waals surface area (Å²) in [5.74, 6) is 3.18. The van der Waals surface area contributed by atoms with Gasteiger partial charge >= 0.3 is 0 Å². The number of aromatic nitrogens is 3. The second kappa shape index (κ2) is 8.22. The summed E-state index contributed by atoms with van der Waals surface area (Å²) in [6.45, 7) is 4.56. The monoisotopic (exact) mass is 437 g/mol. The molecule has 8 nitrogen and oxygen atoms in total. The Balaban J connectivity index is 1.30. The molecule has 0 spiro atoms. The summed E-state index contributed by atoms with van der Waals surface area (Å²) in [6, 6.07) is 7.85. The van der Waals surface area contributed by atoms with E-state index in [1.807, 2.05) is 41.0 Å². The van der Waals surface area contributed by atoms with E-state index in [0.29, 0.717) is 39.0 Å². The van der Waals surface area contributed by atoms with Crippen LogP contribution in [0.1, 0.15) is 42.9 Å². The van der Waals surface area contributed by atoms with E-state index >= 15 is 0 Å². The molecule has 0 radical (unpaired) electrons. The average molecular weight is 438 g/mol. The molecule has 5 rings (SSSR count). The second-order valence-electron chi connectivity index (χ2n) is 9.49. The fourth-order valence-corrected chi connectivity index (χ4v) is 5.41. The molecule has 3 aliphatic rings. The van der Waals surface area contributed by atoms with Crippen molar-refractivity contribution in [1.29, 1.82) is 0 Å². The normalized spacial score (nSPS) is 25.0. The lowest BCUT2D eigenvalue weighted by atomic mass is 9.72. The van der Waals surface area contributed by atoms with E-state index in [-0.39, 0.29) is 29.1 Å². The summed E-state index contributed by atoms with van der Waals surface area (Å²) < 4.78 is 5.42. The third-order valence-corrected chi connectivity index (χ3v) is 7.40. The molecule has 0 unspecified atom stereocenters. The number of nitrogens with zero attached hydrogens (tertiary/aromatic N) is 4. The molecule has 32 heavy (non-hydrogen) atoms. The summed E-state index contributed by atoms with van der Waals surface area (Å²) in [6.07, 6.45) is 3.89. The van der Waals surface area contributed by atoms with Crippen LogP contribution in [0.4, 0.5) is 0 Å². The van der Waals surface area contributed by atoms with Crippen LogP contribution in [0.25, 0.3) is 0 Å². The number of H-pyrrole nitrogens is 1. The average Bonchev–Trinajstić information content (AvgIpc) is 3.45. The van der Waals surface area contributed by atoms with Crippen molar-refractivity contribution in [2.24, 2.45) is 11.8 Å². The fourth-order valence-electron chi connectivity index (χ4n) is 5.41. The number of carbonyl (C=O) groups excluding carboxylic acids is 2. The highest BCUT2D eigenvalue weighted by Crippen LogP contribution is 2.45. The number of carbonyl (C=O) groups is 2. The number of para-hydroxylation sites is 1. The minimum absolute atomic E-state index is 0.155. The van der Waals surface area contributed by atoms with Crippen molar-refractivity contribution in [2.45, 2.75) is 44.4 Å². The van der Waals surface area contributed by atoms with Gasteiger partial charge in [-0.05, 0) is 44.2 Å². The number of ether oxygens (including phenoxy) is 1. The first kappa shape index (κ1) is 21.0. The fraction of sp³-hybridized carbons (Fsp3) is 0.583. The van der Waals surface area contributed by atoms with Gasteiger partial charge in [-0.15, -0.1) is 0 Å². The standard InChI is InChI=1S/C24H31N5O3/c1-16-25-23(27-26-16)24-11-12-28(13-19(24)14-29(15-24)22(31)18-7-8-18)21(30)10-9-17-5-3-4-6-20(17)32-2/h3-6,18-19H,7-15H2,1-2H3,(H,25,26,27)/t19-,24-/m1/s1. The van der Waals surface area contributed by atoms with Gasteiger partial charge in [-0.1, -0.05) is 18.2 Å². The highest BCUT2D eigenvalue weighted by Gasteiger charge is 2.55. The number of fused-ring (bicyclic) bond motifs is 1. The van der Waals surface area contributed by atoms with Gasteiger partial charge in [-0.2, -0.15) is 5.10 Å². The molecule has 1 saturated carbocycles. The van der Waals surface area contributed by atoms with Crippen LogP contribution in [0.5, 0.6) is 5.75 Å². The van der Waals surface area contributed by atoms with Crippen LogP contribution >= 0.6 is 0 Å². The zero-order chi connectivity index (χ0) is 22.3. The SMILES string of the molecule is COc1ccccc1CCC(=O)N1CC[C@@]2(c3n[nH]c(C)n3)CN(C(=O)C3CC3)C[C@H]2C1. The van der Waals surface area contributed by atoms with E-state index in [2.05, 4.69) is 15.2 Å². The van der Waals surface area contributed by atoms with Gasteiger partial charge in [-0.25, -0.2) is 4.98 Å². The zero-order valence-corrected chi connectivity index (χ0v) is 18.8. The Labute approximate surface area is 188 Å². The van der Waals surface area contributed by atoms with E-state index in [0.717, 1.165) is 42.2 Å². The van der Waals surface area contributed by atoms with Gasteiger partial charge in [0.15, 0.2) is 5.82 Å². The maximum atomic E-state index is 13.1. The molecule has 2 atom stereocenters. The number of hydrogen-bond donors (Lipinski definition) is 1. The number of benzene rings is 1. The number of hydrogen-bond acceptors (Lipinski definition) is 5. The number of aryl methyl sites for hydroxylation is 2. The van der Waals surface area contributed by atoms with Crippen LogP contribution in [0.2, 0.25) is 0 Å². The summed E-state index contributed by atoms with van der Waals surface area (Å²) in [5, 5.41) is 7.48. The van der Waals surface area contributed by atoms with Crippen LogP contribution in [0, 0.1) is 18.8 Å². The quantitative estimate of drug-likeness (QED) is 0.747. The largest absolute Gasteiger partial charge is 0.496 e. The summed E-state index contributed by atoms with van der Waals surface area (Å²) >= 11 is 0. The Morgan fingerprint density at radius 1 is 1.22 bits per heavy atom. The predicted octanol–water partition coefficient (Wildman–Crippen LogP) is 2.09. The summed E-state index contributed by atoms with van der Waals surface area (Å²) in [5.41, 5.74) is 0.780. The molecule has 0 bridgehead atoms. The van der Waals surface area contributed by atoms with Crippen molar-refractivity contribution in [3.63, 3.8) is 0 Å². The lowest BCUT2D eigenvalue weighted by Gasteiger charge is -2.41. The van der Waals surface area contributed by atoms with Crippen LogP contribution < -0.4 is 4.74 Å². The van der Waals surface area contributed by atoms with Crippen molar-refractivity contribution in [3.8, 4) is 5.75 Å². The molecule has 1 aliphatic carbocycles. The molecule has 2 aliphatic heterocycles. The highest BCUT2D eigenvalue weighted by molar-refractivity contribution is 5.82. The molecule has 3 fully saturated rings. The summed E-state index contributed by atoms with van der Waals surface area (Å²) in [4.78, 5) is 34.6. The van der Waals surface area contributed by atoms with Gasteiger partial charge in [0.25, 0.3) is 0 Å². The van der Waals surface area contributed by atoms with Crippen LogP contribution in [0.15, 0.2) is 24.3 Å². The van der Waals surface area contributed by atoms with E-state index in [1.165, 1.54) is 0 Å². The van der Waals surface area contributed by atoms with Crippen molar-refractivity contribution < 1.29 is 14.3 Å². The number of amides is 2. The Morgan fingerprint density at radius 2 is 2.00 bits per heavy atom. The van der Waals surface area contributed by atoms with Crippen molar-refractivity contribution in [3.05, 3.63) is 41.5 Å². The topological polar surface area (TPSA) is 91.4 Å². The van der Waals surface area contributed by atoms with E-state index in [1.54, 1.807) is 7.11 Å². The summed E-state index contributed by atoms with van der Waals surface area (Å²) in [7, 11) is 1.66. The molecule has 2 aromatic rings. The third-order valence-electron chi connectivity index (χ3n) is 7.40. The first-order valence-electron chi connectivity index (χ1n) is 11.6. The van der Waals surface area contributed by atoms with Crippen LogP contribution in [0.3, 0.4) is 0 Å². The Morgan fingerprint density at radius 3 is 2.72 bits per heavy atom.